The van der Waals surface area contributed by atoms with E-state index in [1.165, 1.54) is 24.3 Å². The van der Waals surface area contributed by atoms with Crippen LogP contribution in [0.4, 0.5) is 4.39 Å². The van der Waals surface area contributed by atoms with Crippen LogP contribution in [0.15, 0.2) is 42.6 Å². The molecule has 1 unspecified atom stereocenters. The third kappa shape index (κ3) is 7.68. The molecule has 2 heterocycles. The largest absolute Gasteiger partial charge is 0.439 e. The molecule has 2 N–H and O–H groups in total. The van der Waals surface area contributed by atoms with Gasteiger partial charge in [0.1, 0.15) is 11.6 Å². The van der Waals surface area contributed by atoms with E-state index in [0.29, 0.717) is 37.8 Å². The third-order valence-corrected chi connectivity index (χ3v) is 3.76. The lowest BCUT2D eigenvalue weighted by molar-refractivity contribution is -0.122. The maximum absolute atomic E-state index is 12.9. The minimum Gasteiger partial charge on any atom is -0.439 e. The third-order valence-electron chi connectivity index (χ3n) is 3.76. The van der Waals surface area contributed by atoms with E-state index >= 15 is 0 Å². The molecule has 1 amide bonds. The Morgan fingerprint density at radius 1 is 1.30 bits per heavy atom. The number of nitrogens with one attached hydrogen (secondary N) is 2. The van der Waals surface area contributed by atoms with Crippen molar-refractivity contribution >= 4 is 30.7 Å². The van der Waals surface area contributed by atoms with Crippen LogP contribution in [0.5, 0.6) is 11.6 Å². The molecule has 3 rings (SSSR count). The predicted molar refractivity (Wildman–Crippen MR) is 104 cm³/mol. The molecule has 2 aromatic rings. The summed E-state index contributed by atoms with van der Waals surface area (Å²) in [4.78, 5) is 16.1. The Hall–Kier alpha value is -1.93. The maximum atomic E-state index is 12.9. The topological polar surface area (TPSA) is 72.5 Å². The highest BCUT2D eigenvalue weighted by molar-refractivity contribution is 5.85. The fourth-order valence-electron chi connectivity index (χ4n) is 2.49. The molecular formula is C18H22Cl2FN3O3. The number of hydrogen-bond donors (Lipinski definition) is 2. The van der Waals surface area contributed by atoms with Gasteiger partial charge < -0.3 is 20.1 Å². The number of amides is 1. The molecule has 1 aliphatic rings. The number of hydrogen-bond acceptors (Lipinski definition) is 5. The van der Waals surface area contributed by atoms with Gasteiger partial charge in [-0.25, -0.2) is 9.37 Å². The molecule has 1 aromatic heterocycles. The van der Waals surface area contributed by atoms with Gasteiger partial charge in [0.25, 0.3) is 0 Å². The van der Waals surface area contributed by atoms with E-state index < -0.39 is 0 Å². The quantitative estimate of drug-likeness (QED) is 0.755. The van der Waals surface area contributed by atoms with Crippen LogP contribution in [0.3, 0.4) is 0 Å². The number of benzene rings is 1. The maximum Gasteiger partial charge on any atom is 0.221 e. The second-order valence-corrected chi connectivity index (χ2v) is 5.77. The van der Waals surface area contributed by atoms with Crippen LogP contribution in [0.25, 0.3) is 0 Å². The van der Waals surface area contributed by atoms with Crippen molar-refractivity contribution in [1.82, 2.24) is 15.6 Å². The van der Waals surface area contributed by atoms with E-state index in [4.69, 9.17) is 9.47 Å². The molecule has 1 atom stereocenters. The number of rotatable bonds is 6. The lowest BCUT2D eigenvalue weighted by Gasteiger charge is -2.23. The van der Waals surface area contributed by atoms with Gasteiger partial charge in [-0.2, -0.15) is 0 Å². The molecule has 0 saturated carbocycles. The number of nitrogens with zero attached hydrogens (tertiary/aromatic N) is 1. The van der Waals surface area contributed by atoms with E-state index in [-0.39, 0.29) is 42.6 Å². The number of ether oxygens (including phenoxy) is 2. The van der Waals surface area contributed by atoms with Crippen LogP contribution in [-0.4, -0.2) is 36.7 Å². The van der Waals surface area contributed by atoms with Crippen molar-refractivity contribution in [1.29, 1.82) is 0 Å². The predicted octanol–water partition coefficient (Wildman–Crippen LogP) is 2.85. The Bertz CT molecular complexity index is 713. The monoisotopic (exact) mass is 417 g/mol. The zero-order chi connectivity index (χ0) is 17.5. The van der Waals surface area contributed by atoms with Gasteiger partial charge in [-0.1, -0.05) is 0 Å². The molecular weight excluding hydrogens is 396 g/mol. The highest BCUT2D eigenvalue weighted by Crippen LogP contribution is 2.20. The Kier molecular flexibility index (Phi) is 10.0. The summed E-state index contributed by atoms with van der Waals surface area (Å²) in [7, 11) is 0. The highest BCUT2D eigenvalue weighted by Gasteiger charge is 2.16. The van der Waals surface area contributed by atoms with E-state index in [1.54, 1.807) is 18.3 Å². The summed E-state index contributed by atoms with van der Waals surface area (Å²) in [6.45, 7) is 2.39. The first kappa shape index (κ1) is 23.1. The molecule has 1 aliphatic heterocycles. The summed E-state index contributed by atoms with van der Waals surface area (Å²) >= 11 is 0. The summed E-state index contributed by atoms with van der Waals surface area (Å²) < 4.78 is 23.8. The molecule has 1 fully saturated rings. The van der Waals surface area contributed by atoms with Gasteiger partial charge in [0.2, 0.25) is 11.8 Å². The van der Waals surface area contributed by atoms with Gasteiger partial charge in [-0.15, -0.1) is 24.8 Å². The highest BCUT2D eigenvalue weighted by atomic mass is 35.5. The lowest BCUT2D eigenvalue weighted by atomic mass is 10.2. The second-order valence-electron chi connectivity index (χ2n) is 5.77. The number of halogens is 3. The molecule has 6 nitrogen and oxygen atoms in total. The molecule has 0 radical (unpaired) electrons. The van der Waals surface area contributed by atoms with Gasteiger partial charge in [0, 0.05) is 37.8 Å². The van der Waals surface area contributed by atoms with Gasteiger partial charge in [-0.3, -0.25) is 4.79 Å². The van der Waals surface area contributed by atoms with Crippen molar-refractivity contribution in [2.75, 3.05) is 19.8 Å². The second kappa shape index (κ2) is 11.7. The average molecular weight is 418 g/mol. The Balaban J connectivity index is 0.00000182. The number of pyridine rings is 1. The number of aromatic nitrogens is 1. The molecule has 148 valence electrons. The van der Waals surface area contributed by atoms with Crippen LogP contribution in [0.1, 0.15) is 12.0 Å². The molecule has 27 heavy (non-hydrogen) atoms. The van der Waals surface area contributed by atoms with Crippen molar-refractivity contribution in [2.24, 2.45) is 0 Å². The number of carbonyl (C=O) groups excluding carboxylic acids is 1. The van der Waals surface area contributed by atoms with Crippen molar-refractivity contribution in [3.63, 3.8) is 0 Å². The molecule has 0 aliphatic carbocycles. The van der Waals surface area contributed by atoms with Crippen LogP contribution in [0.2, 0.25) is 0 Å². The van der Waals surface area contributed by atoms with Crippen LogP contribution in [0, 0.1) is 5.82 Å². The smallest absolute Gasteiger partial charge is 0.221 e. The fourth-order valence-corrected chi connectivity index (χ4v) is 2.49. The zero-order valence-corrected chi connectivity index (χ0v) is 16.2. The van der Waals surface area contributed by atoms with Crippen LogP contribution >= 0.6 is 24.8 Å². The first-order valence-corrected chi connectivity index (χ1v) is 8.15. The normalized spacial score (nSPS) is 15.8. The summed E-state index contributed by atoms with van der Waals surface area (Å²) in [5.74, 6) is 0.523. The molecule has 0 bridgehead atoms. The first-order chi connectivity index (χ1) is 12.2. The standard InChI is InChI=1S/C18H20FN3O3.2ClH/c19-14-1-3-16(4-2-14)25-18-9-13(5-6-21-18)11-22-17(23)10-15-12-24-8-7-20-15;;/h1-6,9,15,20H,7-8,10-12H2,(H,22,23);2*1H. The van der Waals surface area contributed by atoms with Crippen molar-refractivity contribution in [3.05, 3.63) is 54.0 Å². The fraction of sp³-hybridized carbons (Fsp3) is 0.333. The minimum absolute atomic E-state index is 0. The van der Waals surface area contributed by atoms with Gasteiger partial charge in [-0.05, 0) is 35.9 Å². The van der Waals surface area contributed by atoms with Gasteiger partial charge in [0.15, 0.2) is 0 Å². The van der Waals surface area contributed by atoms with Crippen molar-refractivity contribution in [3.8, 4) is 11.6 Å². The van der Waals surface area contributed by atoms with Crippen LogP contribution < -0.4 is 15.4 Å². The molecule has 1 saturated heterocycles. The summed E-state index contributed by atoms with van der Waals surface area (Å²) in [5.41, 5.74) is 0.869. The first-order valence-electron chi connectivity index (χ1n) is 8.15. The van der Waals surface area contributed by atoms with E-state index in [0.717, 1.165) is 12.1 Å². The van der Waals surface area contributed by atoms with Crippen molar-refractivity contribution in [2.45, 2.75) is 19.0 Å². The number of morpholine rings is 1. The number of carbonyl (C=O) groups is 1. The Morgan fingerprint density at radius 3 is 2.78 bits per heavy atom. The molecule has 0 spiro atoms. The average Bonchev–Trinajstić information content (AvgIpc) is 2.63. The van der Waals surface area contributed by atoms with Crippen LogP contribution in [-0.2, 0) is 16.1 Å². The SMILES string of the molecule is Cl.Cl.O=C(CC1COCCN1)NCc1ccnc(Oc2ccc(F)cc2)c1. The van der Waals surface area contributed by atoms with E-state index in [2.05, 4.69) is 15.6 Å². The molecule has 1 aromatic carbocycles. The van der Waals surface area contributed by atoms with E-state index in [9.17, 15) is 9.18 Å². The van der Waals surface area contributed by atoms with Crippen molar-refractivity contribution < 1.29 is 18.7 Å². The summed E-state index contributed by atoms with van der Waals surface area (Å²) in [5, 5.41) is 6.12. The van der Waals surface area contributed by atoms with E-state index in [1.807, 2.05) is 0 Å². The Labute approximate surface area is 169 Å². The zero-order valence-electron chi connectivity index (χ0n) is 14.5. The Morgan fingerprint density at radius 2 is 2.07 bits per heavy atom. The van der Waals surface area contributed by atoms with Gasteiger partial charge in [0.05, 0.1) is 13.2 Å². The summed E-state index contributed by atoms with van der Waals surface area (Å²) in [6, 6.07) is 9.31. The minimum atomic E-state index is -0.324. The lowest BCUT2D eigenvalue weighted by Crippen LogP contribution is -2.44. The molecule has 9 heteroatoms. The summed E-state index contributed by atoms with van der Waals surface area (Å²) in [6.07, 6.45) is 1.99. The van der Waals surface area contributed by atoms with Gasteiger partial charge >= 0.3 is 0 Å².